The highest BCUT2D eigenvalue weighted by atomic mass is 16.5. The highest BCUT2D eigenvalue weighted by molar-refractivity contribution is 5.38. The quantitative estimate of drug-likeness (QED) is 0.795. The van der Waals surface area contributed by atoms with Crippen LogP contribution in [0.3, 0.4) is 0 Å². The van der Waals surface area contributed by atoms with E-state index in [2.05, 4.69) is 30.4 Å². The van der Waals surface area contributed by atoms with Gasteiger partial charge < -0.3 is 15.6 Å². The molecular formula is C19H27N3O2. The number of anilines is 1. The molecule has 0 aliphatic rings. The van der Waals surface area contributed by atoms with E-state index in [9.17, 15) is 0 Å². The zero-order chi connectivity index (χ0) is 17.9. The number of rotatable bonds is 6. The predicted octanol–water partition coefficient (Wildman–Crippen LogP) is 3.31. The van der Waals surface area contributed by atoms with Gasteiger partial charge >= 0.3 is 0 Å². The molecule has 0 amide bonds. The summed E-state index contributed by atoms with van der Waals surface area (Å²) in [4.78, 5) is 8.85. The van der Waals surface area contributed by atoms with Crippen LogP contribution in [0.25, 0.3) is 0 Å². The van der Waals surface area contributed by atoms with E-state index in [0.717, 1.165) is 17.7 Å². The van der Waals surface area contributed by atoms with Gasteiger partial charge in [0.25, 0.3) is 0 Å². The molecule has 0 saturated heterocycles. The van der Waals surface area contributed by atoms with Crippen LogP contribution in [0.15, 0.2) is 43.0 Å². The Morgan fingerprint density at radius 1 is 1.25 bits per heavy atom. The average Bonchev–Trinajstić information content (AvgIpc) is 2.57. The molecule has 130 valence electrons. The second-order valence-corrected chi connectivity index (χ2v) is 5.79. The lowest BCUT2D eigenvalue weighted by Gasteiger charge is -2.13. The molecular weight excluding hydrogens is 302 g/mol. The van der Waals surface area contributed by atoms with Gasteiger partial charge in [0.1, 0.15) is 18.1 Å². The Bertz CT molecular complexity index is 628. The molecule has 1 heterocycles. The van der Waals surface area contributed by atoms with Gasteiger partial charge in [-0.3, -0.25) is 0 Å². The maximum Gasteiger partial charge on any atom is 0.236 e. The fraction of sp³-hybridized carbons (Fsp3) is 0.368. The number of hydrogen-bond donors (Lipinski definition) is 2. The highest BCUT2D eigenvalue weighted by Gasteiger charge is 2.12. The molecule has 0 radical (unpaired) electrons. The van der Waals surface area contributed by atoms with Crippen LogP contribution in [0.2, 0.25) is 0 Å². The van der Waals surface area contributed by atoms with Crippen LogP contribution < -0.4 is 10.5 Å². The Balaban J connectivity index is 0.000000648. The van der Waals surface area contributed by atoms with Gasteiger partial charge in [0.2, 0.25) is 5.88 Å². The molecule has 0 aliphatic heterocycles. The standard InChI is InChI=1S/C16H21N3O.C3H6O/c1-11(2)9-14-16(18-12(3)15(17)19-14)20-10-13-7-5-4-6-8-13;1-2-3-4/h4-8,11H,9-10H2,1-3H3,(H2,17,19);2,4H,1,3H2. The van der Waals surface area contributed by atoms with Gasteiger partial charge in [0.15, 0.2) is 0 Å². The molecule has 5 nitrogen and oxygen atoms in total. The molecule has 0 unspecified atom stereocenters. The predicted molar refractivity (Wildman–Crippen MR) is 97.8 cm³/mol. The van der Waals surface area contributed by atoms with Crippen molar-refractivity contribution in [3.8, 4) is 5.88 Å². The van der Waals surface area contributed by atoms with Crippen molar-refractivity contribution in [1.82, 2.24) is 9.97 Å². The Hall–Kier alpha value is -2.40. The van der Waals surface area contributed by atoms with Crippen LogP contribution >= 0.6 is 0 Å². The Kier molecular flexibility index (Phi) is 8.50. The number of benzene rings is 1. The first kappa shape index (κ1) is 19.6. The lowest BCUT2D eigenvalue weighted by Crippen LogP contribution is -2.09. The monoisotopic (exact) mass is 329 g/mol. The van der Waals surface area contributed by atoms with E-state index in [0.29, 0.717) is 29.9 Å². The van der Waals surface area contributed by atoms with Crippen molar-refractivity contribution >= 4 is 5.82 Å². The normalized spacial score (nSPS) is 10.0. The van der Waals surface area contributed by atoms with E-state index < -0.39 is 0 Å². The molecule has 1 aromatic carbocycles. The number of hydrogen-bond acceptors (Lipinski definition) is 5. The van der Waals surface area contributed by atoms with Gasteiger partial charge in [-0.1, -0.05) is 50.3 Å². The minimum Gasteiger partial charge on any atom is -0.471 e. The second-order valence-electron chi connectivity index (χ2n) is 5.79. The molecule has 0 fully saturated rings. The maximum absolute atomic E-state index is 7.76. The summed E-state index contributed by atoms with van der Waals surface area (Å²) in [5.74, 6) is 1.55. The van der Waals surface area contributed by atoms with Crippen LogP contribution in [-0.2, 0) is 13.0 Å². The van der Waals surface area contributed by atoms with E-state index in [1.165, 1.54) is 6.08 Å². The number of nitrogens with two attached hydrogens (primary N) is 1. The molecule has 0 saturated carbocycles. The van der Waals surface area contributed by atoms with Crippen molar-refractivity contribution < 1.29 is 9.84 Å². The molecule has 24 heavy (non-hydrogen) atoms. The summed E-state index contributed by atoms with van der Waals surface area (Å²) in [5, 5.41) is 7.76. The fourth-order valence-corrected chi connectivity index (χ4v) is 1.91. The lowest BCUT2D eigenvalue weighted by molar-refractivity contribution is 0.286. The van der Waals surface area contributed by atoms with Crippen LogP contribution in [0, 0.1) is 12.8 Å². The minimum absolute atomic E-state index is 0.0833. The van der Waals surface area contributed by atoms with Crippen LogP contribution in [0.1, 0.15) is 30.8 Å². The highest BCUT2D eigenvalue weighted by Crippen LogP contribution is 2.21. The number of aryl methyl sites for hydroxylation is 1. The SMILES string of the molecule is C=CCO.Cc1nc(OCc2ccccc2)c(CC(C)C)nc1N. The van der Waals surface area contributed by atoms with E-state index >= 15 is 0 Å². The minimum atomic E-state index is 0.0833. The zero-order valence-electron chi connectivity index (χ0n) is 14.7. The molecule has 2 rings (SSSR count). The third kappa shape index (κ3) is 6.79. The summed E-state index contributed by atoms with van der Waals surface area (Å²) in [5.41, 5.74) is 8.50. The number of aliphatic hydroxyl groups excluding tert-OH is 1. The van der Waals surface area contributed by atoms with Crippen LogP contribution in [-0.4, -0.2) is 21.7 Å². The second kappa shape index (κ2) is 10.4. The zero-order valence-corrected chi connectivity index (χ0v) is 14.7. The number of nitrogens with zero attached hydrogens (tertiary/aromatic N) is 2. The largest absolute Gasteiger partial charge is 0.471 e. The van der Waals surface area contributed by atoms with Crippen molar-refractivity contribution in [3.63, 3.8) is 0 Å². The number of nitrogen functional groups attached to an aromatic ring is 1. The van der Waals surface area contributed by atoms with Gasteiger partial charge in [-0.2, -0.15) is 0 Å². The molecule has 2 aromatic rings. The lowest BCUT2D eigenvalue weighted by atomic mass is 10.1. The first-order valence-corrected chi connectivity index (χ1v) is 7.99. The van der Waals surface area contributed by atoms with Crippen molar-refractivity contribution in [2.45, 2.75) is 33.8 Å². The number of aromatic nitrogens is 2. The third-order valence-corrected chi connectivity index (χ3v) is 3.09. The van der Waals surface area contributed by atoms with Crippen molar-refractivity contribution in [2.75, 3.05) is 12.3 Å². The van der Waals surface area contributed by atoms with E-state index in [4.69, 9.17) is 15.6 Å². The summed E-state index contributed by atoms with van der Waals surface area (Å²) >= 11 is 0. The van der Waals surface area contributed by atoms with Gasteiger partial charge in [-0.05, 0) is 24.8 Å². The molecule has 0 atom stereocenters. The van der Waals surface area contributed by atoms with Gasteiger partial charge in [0.05, 0.1) is 12.3 Å². The first-order chi connectivity index (χ1) is 11.5. The molecule has 0 bridgehead atoms. The van der Waals surface area contributed by atoms with Crippen LogP contribution in [0.4, 0.5) is 5.82 Å². The summed E-state index contributed by atoms with van der Waals surface area (Å²) < 4.78 is 5.83. The summed E-state index contributed by atoms with van der Waals surface area (Å²) in [7, 11) is 0. The van der Waals surface area contributed by atoms with E-state index in [1.807, 2.05) is 37.3 Å². The Morgan fingerprint density at radius 2 is 1.88 bits per heavy atom. The first-order valence-electron chi connectivity index (χ1n) is 7.99. The maximum atomic E-state index is 7.76. The number of ether oxygens (including phenoxy) is 1. The van der Waals surface area contributed by atoms with Gasteiger partial charge in [0, 0.05) is 0 Å². The molecule has 3 N–H and O–H groups in total. The van der Waals surface area contributed by atoms with Crippen molar-refractivity contribution in [2.24, 2.45) is 5.92 Å². The average molecular weight is 329 g/mol. The Morgan fingerprint density at radius 3 is 2.42 bits per heavy atom. The number of aliphatic hydroxyl groups is 1. The van der Waals surface area contributed by atoms with E-state index in [-0.39, 0.29) is 6.61 Å². The molecule has 1 aromatic heterocycles. The molecule has 0 spiro atoms. The smallest absolute Gasteiger partial charge is 0.236 e. The summed E-state index contributed by atoms with van der Waals surface area (Å²) in [6.07, 6.45) is 2.24. The van der Waals surface area contributed by atoms with Gasteiger partial charge in [-0.25, -0.2) is 9.97 Å². The summed E-state index contributed by atoms with van der Waals surface area (Å²) in [6.45, 7) is 9.92. The van der Waals surface area contributed by atoms with Crippen molar-refractivity contribution in [3.05, 3.63) is 59.9 Å². The van der Waals surface area contributed by atoms with E-state index in [1.54, 1.807) is 0 Å². The fourth-order valence-electron chi connectivity index (χ4n) is 1.91. The van der Waals surface area contributed by atoms with Gasteiger partial charge in [-0.15, -0.1) is 6.58 Å². The molecule has 5 heteroatoms. The third-order valence-electron chi connectivity index (χ3n) is 3.09. The molecule has 0 aliphatic carbocycles. The summed E-state index contributed by atoms with van der Waals surface area (Å²) in [6, 6.07) is 10.0. The van der Waals surface area contributed by atoms with Crippen LogP contribution in [0.5, 0.6) is 5.88 Å². The topological polar surface area (TPSA) is 81.3 Å². The van der Waals surface area contributed by atoms with Crippen molar-refractivity contribution in [1.29, 1.82) is 0 Å². The Labute approximate surface area is 144 Å².